The van der Waals surface area contributed by atoms with Crippen molar-refractivity contribution >= 4 is 0 Å². The van der Waals surface area contributed by atoms with Gasteiger partial charge in [0.1, 0.15) is 13.2 Å². The van der Waals surface area contributed by atoms with Gasteiger partial charge in [-0.05, 0) is 24.1 Å². The molecule has 19 heavy (non-hydrogen) atoms. The van der Waals surface area contributed by atoms with E-state index < -0.39 is 0 Å². The molecule has 0 radical (unpaired) electrons. The zero-order valence-corrected chi connectivity index (χ0v) is 12.6. The Kier molecular flexibility index (Phi) is 10.4. The van der Waals surface area contributed by atoms with Gasteiger partial charge >= 0.3 is 0 Å². The number of ether oxygens (including phenoxy) is 2. The van der Waals surface area contributed by atoms with Gasteiger partial charge in [-0.15, -0.1) is 0 Å². The minimum Gasteiger partial charge on any atom is -0.486 e. The van der Waals surface area contributed by atoms with Gasteiger partial charge in [-0.3, -0.25) is 0 Å². The molecular weight excluding hydrogens is 236 g/mol. The van der Waals surface area contributed by atoms with Gasteiger partial charge in [0.15, 0.2) is 11.5 Å². The van der Waals surface area contributed by atoms with E-state index in [4.69, 9.17) is 9.47 Å². The summed E-state index contributed by atoms with van der Waals surface area (Å²) >= 11 is 0. The average molecular weight is 262 g/mol. The molecule has 106 valence electrons. The second-order valence-corrected chi connectivity index (χ2v) is 3.34. The molecule has 2 heteroatoms. The van der Waals surface area contributed by atoms with Crippen molar-refractivity contribution in [3.63, 3.8) is 0 Å². The Labute approximate surface area is 117 Å². The minimum atomic E-state index is 0.601. The van der Waals surface area contributed by atoms with E-state index in [-0.39, 0.29) is 0 Å². The maximum atomic E-state index is 5.53. The molecule has 1 aliphatic carbocycles. The van der Waals surface area contributed by atoms with Crippen molar-refractivity contribution in [3.8, 4) is 0 Å². The zero-order valence-electron chi connectivity index (χ0n) is 12.6. The predicted molar refractivity (Wildman–Crippen MR) is 82.8 cm³/mol. The molecule has 0 aromatic heterocycles. The van der Waals surface area contributed by atoms with E-state index in [1.54, 1.807) is 6.08 Å². The molecule has 0 N–H and O–H groups in total. The second-order valence-electron chi connectivity index (χ2n) is 3.34. The van der Waals surface area contributed by atoms with Crippen LogP contribution in [0.5, 0.6) is 0 Å². The lowest BCUT2D eigenvalue weighted by atomic mass is 10.1. The van der Waals surface area contributed by atoms with Crippen molar-refractivity contribution in [2.75, 3.05) is 13.2 Å². The number of hydrogen-bond donors (Lipinski definition) is 0. The molecule has 2 nitrogen and oxygen atoms in total. The van der Waals surface area contributed by atoms with Crippen molar-refractivity contribution in [3.05, 3.63) is 60.1 Å². The van der Waals surface area contributed by atoms with Crippen molar-refractivity contribution in [2.24, 2.45) is 0 Å². The third-order valence-corrected chi connectivity index (χ3v) is 2.25. The largest absolute Gasteiger partial charge is 0.486 e. The second kappa shape index (κ2) is 11.4. The first kappa shape index (κ1) is 17.3. The fourth-order valence-electron chi connectivity index (χ4n) is 1.52. The van der Waals surface area contributed by atoms with Gasteiger partial charge in [-0.1, -0.05) is 58.6 Å². The van der Waals surface area contributed by atoms with Gasteiger partial charge in [0.25, 0.3) is 0 Å². The van der Waals surface area contributed by atoms with Crippen LogP contribution in [0.1, 0.15) is 34.1 Å². The van der Waals surface area contributed by atoms with Crippen LogP contribution >= 0.6 is 0 Å². The lowest BCUT2D eigenvalue weighted by Crippen LogP contribution is -2.12. The number of rotatable bonds is 2. The first-order chi connectivity index (χ1) is 9.40. The molecule has 2 aliphatic rings. The molecule has 0 saturated carbocycles. The molecule has 1 heterocycles. The third-order valence-electron chi connectivity index (χ3n) is 2.25. The lowest BCUT2D eigenvalue weighted by Gasteiger charge is -2.18. The Morgan fingerprint density at radius 3 is 2.16 bits per heavy atom. The van der Waals surface area contributed by atoms with Crippen molar-refractivity contribution < 1.29 is 9.47 Å². The van der Waals surface area contributed by atoms with Gasteiger partial charge in [-0.25, -0.2) is 0 Å². The Balaban J connectivity index is 0.000000741. The van der Waals surface area contributed by atoms with Gasteiger partial charge < -0.3 is 9.47 Å². The highest BCUT2D eigenvalue weighted by Crippen LogP contribution is 2.20. The van der Waals surface area contributed by atoms with Gasteiger partial charge in [-0.2, -0.15) is 0 Å². The SMILES string of the molecule is C=CC1=C(/C=C2/C=CC=CC2)OCCO1.CC.CC. The number of allylic oxidation sites excluding steroid dienone is 7. The molecule has 0 spiro atoms. The van der Waals surface area contributed by atoms with E-state index in [2.05, 4.69) is 18.7 Å². The average Bonchev–Trinajstić information content (AvgIpc) is 2.53. The van der Waals surface area contributed by atoms with Crippen LogP contribution in [0, 0.1) is 0 Å². The molecule has 2 rings (SSSR count). The lowest BCUT2D eigenvalue weighted by molar-refractivity contribution is 0.0768. The summed E-state index contributed by atoms with van der Waals surface area (Å²) in [5, 5.41) is 0. The molecule has 0 fully saturated rings. The Morgan fingerprint density at radius 1 is 1.00 bits per heavy atom. The molecule has 0 bridgehead atoms. The summed E-state index contributed by atoms with van der Waals surface area (Å²) in [6.45, 7) is 12.9. The van der Waals surface area contributed by atoms with Crippen LogP contribution in [0.2, 0.25) is 0 Å². The normalized spacial score (nSPS) is 18.4. The first-order valence-electron chi connectivity index (χ1n) is 7.06. The Morgan fingerprint density at radius 2 is 1.63 bits per heavy atom. The van der Waals surface area contributed by atoms with Gasteiger partial charge in [0.2, 0.25) is 0 Å². The monoisotopic (exact) mass is 262 g/mol. The summed E-state index contributed by atoms with van der Waals surface area (Å²) in [4.78, 5) is 0. The standard InChI is InChI=1S/C13H14O2.2C2H6/c1-2-12-13(15-9-8-14-12)10-11-6-4-3-5-7-11;2*1-2/h2-6,10H,1,7-9H2;2*1-2H3/b11-10-;;. The smallest absolute Gasteiger partial charge is 0.161 e. The molecule has 0 atom stereocenters. The molecule has 0 saturated heterocycles. The molecule has 0 amide bonds. The summed E-state index contributed by atoms with van der Waals surface area (Å²) in [7, 11) is 0. The zero-order chi connectivity index (χ0) is 14.5. The Hall–Kier alpha value is -1.70. The summed E-state index contributed by atoms with van der Waals surface area (Å²) in [5.74, 6) is 1.52. The molecule has 0 unspecified atom stereocenters. The summed E-state index contributed by atoms with van der Waals surface area (Å²) < 4.78 is 11.0. The van der Waals surface area contributed by atoms with Crippen LogP contribution in [0.4, 0.5) is 0 Å². The highest BCUT2D eigenvalue weighted by molar-refractivity contribution is 5.36. The van der Waals surface area contributed by atoms with Gasteiger partial charge in [0.05, 0.1) is 0 Å². The minimum absolute atomic E-state index is 0.601. The van der Waals surface area contributed by atoms with Crippen molar-refractivity contribution in [1.29, 1.82) is 0 Å². The number of hydrogen-bond acceptors (Lipinski definition) is 2. The maximum absolute atomic E-state index is 5.53. The quantitative estimate of drug-likeness (QED) is 0.702. The first-order valence-corrected chi connectivity index (χ1v) is 7.06. The fraction of sp³-hybridized carbons (Fsp3) is 0.412. The summed E-state index contributed by atoms with van der Waals surface area (Å²) in [6, 6.07) is 0. The van der Waals surface area contributed by atoms with Crippen molar-refractivity contribution in [1.82, 2.24) is 0 Å². The van der Waals surface area contributed by atoms with Crippen LogP contribution in [0.3, 0.4) is 0 Å². The maximum Gasteiger partial charge on any atom is 0.161 e. The summed E-state index contributed by atoms with van der Waals surface area (Å²) in [6.07, 6.45) is 12.9. The van der Waals surface area contributed by atoms with Gasteiger partial charge in [0, 0.05) is 0 Å². The van der Waals surface area contributed by atoms with Crippen LogP contribution in [0.15, 0.2) is 60.1 Å². The van der Waals surface area contributed by atoms with E-state index >= 15 is 0 Å². The van der Waals surface area contributed by atoms with Crippen molar-refractivity contribution in [2.45, 2.75) is 34.1 Å². The Bertz CT molecular complexity index is 371. The van der Waals surface area contributed by atoms with Crippen LogP contribution < -0.4 is 0 Å². The van der Waals surface area contributed by atoms with Crippen LogP contribution in [0.25, 0.3) is 0 Å². The fourth-order valence-corrected chi connectivity index (χ4v) is 1.52. The highest BCUT2D eigenvalue weighted by atomic mass is 16.6. The van der Waals surface area contributed by atoms with E-state index in [0.29, 0.717) is 13.2 Å². The van der Waals surface area contributed by atoms with E-state index in [1.165, 1.54) is 5.57 Å². The van der Waals surface area contributed by atoms with E-state index in [1.807, 2.05) is 45.9 Å². The van der Waals surface area contributed by atoms with E-state index in [9.17, 15) is 0 Å². The summed E-state index contributed by atoms with van der Waals surface area (Å²) in [5.41, 5.74) is 1.22. The highest BCUT2D eigenvalue weighted by Gasteiger charge is 2.11. The molecular formula is C17H26O2. The molecule has 0 aromatic carbocycles. The van der Waals surface area contributed by atoms with Crippen LogP contribution in [-0.4, -0.2) is 13.2 Å². The van der Waals surface area contributed by atoms with E-state index in [0.717, 1.165) is 17.9 Å². The van der Waals surface area contributed by atoms with Crippen LogP contribution in [-0.2, 0) is 9.47 Å². The molecule has 0 aromatic rings. The third kappa shape index (κ3) is 6.14. The topological polar surface area (TPSA) is 18.5 Å². The predicted octanol–water partition coefficient (Wildman–Crippen LogP) is 4.93. The molecule has 1 aliphatic heterocycles.